The lowest BCUT2D eigenvalue weighted by molar-refractivity contribution is -0.385. The quantitative estimate of drug-likeness (QED) is 0.376. The molecule has 0 bridgehead atoms. The SMILES string of the molecule is O=C(c1cccc(Cl)c1)c1nc(Cl)ccc1[N+](=O)[O-]. The van der Waals surface area contributed by atoms with E-state index in [9.17, 15) is 14.9 Å². The van der Waals surface area contributed by atoms with Crippen LogP contribution in [0.3, 0.4) is 0 Å². The highest BCUT2D eigenvalue weighted by molar-refractivity contribution is 6.31. The van der Waals surface area contributed by atoms with Gasteiger partial charge in [0.05, 0.1) is 4.92 Å². The van der Waals surface area contributed by atoms with Gasteiger partial charge in [-0.1, -0.05) is 35.3 Å². The van der Waals surface area contributed by atoms with E-state index < -0.39 is 16.4 Å². The molecule has 1 aromatic carbocycles. The van der Waals surface area contributed by atoms with E-state index in [-0.39, 0.29) is 16.4 Å². The Hall–Kier alpha value is -1.98. The third-order valence-electron chi connectivity index (χ3n) is 2.34. The second-order valence-corrected chi connectivity index (χ2v) is 4.42. The van der Waals surface area contributed by atoms with Crippen molar-refractivity contribution in [3.05, 3.63) is 67.9 Å². The van der Waals surface area contributed by atoms with Crippen molar-refractivity contribution in [3.8, 4) is 0 Å². The molecule has 0 saturated heterocycles. The van der Waals surface area contributed by atoms with E-state index in [1.54, 1.807) is 12.1 Å². The second-order valence-electron chi connectivity index (χ2n) is 3.60. The summed E-state index contributed by atoms with van der Waals surface area (Å²) in [5, 5.41) is 11.2. The van der Waals surface area contributed by atoms with E-state index in [1.165, 1.54) is 18.2 Å². The number of carbonyl (C=O) groups excluding carboxylic acids is 1. The predicted molar refractivity (Wildman–Crippen MR) is 70.8 cm³/mol. The Morgan fingerprint density at radius 2 is 1.95 bits per heavy atom. The fraction of sp³-hybridized carbons (Fsp3) is 0. The maximum absolute atomic E-state index is 12.2. The number of pyridine rings is 1. The lowest BCUT2D eigenvalue weighted by Gasteiger charge is -2.02. The summed E-state index contributed by atoms with van der Waals surface area (Å²) >= 11 is 11.4. The summed E-state index contributed by atoms with van der Waals surface area (Å²) < 4.78 is 0. The summed E-state index contributed by atoms with van der Waals surface area (Å²) in [5.41, 5.74) is -0.487. The van der Waals surface area contributed by atoms with Crippen molar-refractivity contribution in [1.29, 1.82) is 0 Å². The summed E-state index contributed by atoms with van der Waals surface area (Å²) in [6.45, 7) is 0. The molecule has 0 atom stereocenters. The molecule has 0 radical (unpaired) electrons. The summed E-state index contributed by atoms with van der Waals surface area (Å²) in [6, 6.07) is 8.49. The van der Waals surface area contributed by atoms with Crippen molar-refractivity contribution in [2.24, 2.45) is 0 Å². The zero-order valence-electron chi connectivity index (χ0n) is 9.34. The van der Waals surface area contributed by atoms with Crippen LogP contribution < -0.4 is 0 Å². The molecule has 1 heterocycles. The first-order valence-corrected chi connectivity index (χ1v) is 5.86. The number of nitro groups is 1. The Morgan fingerprint density at radius 1 is 1.21 bits per heavy atom. The van der Waals surface area contributed by atoms with Crippen LogP contribution >= 0.6 is 23.2 Å². The van der Waals surface area contributed by atoms with Crippen LogP contribution in [0.2, 0.25) is 10.2 Å². The highest BCUT2D eigenvalue weighted by Gasteiger charge is 2.23. The van der Waals surface area contributed by atoms with Crippen molar-refractivity contribution in [2.75, 3.05) is 0 Å². The fourth-order valence-electron chi connectivity index (χ4n) is 1.51. The number of rotatable bonds is 3. The molecule has 96 valence electrons. The van der Waals surface area contributed by atoms with Crippen LogP contribution in [0.25, 0.3) is 0 Å². The molecule has 0 spiro atoms. The van der Waals surface area contributed by atoms with Gasteiger partial charge in [-0.3, -0.25) is 14.9 Å². The molecule has 0 amide bonds. The third kappa shape index (κ3) is 2.89. The van der Waals surface area contributed by atoms with E-state index in [1.807, 2.05) is 0 Å². The number of ketones is 1. The highest BCUT2D eigenvalue weighted by atomic mass is 35.5. The number of hydrogen-bond acceptors (Lipinski definition) is 4. The van der Waals surface area contributed by atoms with Crippen LogP contribution in [0.15, 0.2) is 36.4 Å². The summed E-state index contributed by atoms with van der Waals surface area (Å²) in [7, 11) is 0. The minimum absolute atomic E-state index is 0.0102. The maximum atomic E-state index is 12.2. The lowest BCUT2D eigenvalue weighted by Crippen LogP contribution is -2.08. The van der Waals surface area contributed by atoms with Gasteiger partial charge in [0, 0.05) is 16.7 Å². The summed E-state index contributed by atoms with van der Waals surface area (Å²) in [4.78, 5) is 26.1. The van der Waals surface area contributed by atoms with Crippen LogP contribution in [0.1, 0.15) is 16.1 Å². The number of carbonyl (C=O) groups is 1. The van der Waals surface area contributed by atoms with E-state index >= 15 is 0 Å². The first kappa shape index (κ1) is 13.5. The Kier molecular flexibility index (Phi) is 3.78. The number of nitrogens with zero attached hydrogens (tertiary/aromatic N) is 2. The van der Waals surface area contributed by atoms with Crippen molar-refractivity contribution >= 4 is 34.7 Å². The van der Waals surface area contributed by atoms with Crippen LogP contribution in [0.4, 0.5) is 5.69 Å². The summed E-state index contributed by atoms with van der Waals surface area (Å²) in [5.74, 6) is -0.600. The Balaban J connectivity index is 2.55. The number of halogens is 2. The molecule has 0 N–H and O–H groups in total. The van der Waals surface area contributed by atoms with Gasteiger partial charge in [-0.05, 0) is 18.2 Å². The van der Waals surface area contributed by atoms with Crippen LogP contribution in [-0.2, 0) is 0 Å². The van der Waals surface area contributed by atoms with Crippen molar-refractivity contribution in [1.82, 2.24) is 4.98 Å². The zero-order chi connectivity index (χ0) is 14.0. The zero-order valence-corrected chi connectivity index (χ0v) is 10.9. The average Bonchev–Trinajstić information content (AvgIpc) is 2.37. The molecule has 0 fully saturated rings. The van der Waals surface area contributed by atoms with Gasteiger partial charge in [-0.15, -0.1) is 0 Å². The highest BCUT2D eigenvalue weighted by Crippen LogP contribution is 2.23. The first-order valence-electron chi connectivity index (χ1n) is 5.10. The monoisotopic (exact) mass is 296 g/mol. The van der Waals surface area contributed by atoms with Gasteiger partial charge in [0.2, 0.25) is 5.78 Å². The minimum atomic E-state index is -0.679. The molecule has 0 unspecified atom stereocenters. The largest absolute Gasteiger partial charge is 0.299 e. The van der Waals surface area contributed by atoms with Gasteiger partial charge in [0.15, 0.2) is 5.69 Å². The normalized spacial score (nSPS) is 10.2. The molecule has 0 aliphatic heterocycles. The molecular weight excluding hydrogens is 291 g/mol. The van der Waals surface area contributed by atoms with Gasteiger partial charge < -0.3 is 0 Å². The fourth-order valence-corrected chi connectivity index (χ4v) is 1.85. The first-order chi connectivity index (χ1) is 8.99. The summed E-state index contributed by atoms with van der Waals surface area (Å²) in [6.07, 6.45) is 0. The third-order valence-corrected chi connectivity index (χ3v) is 2.78. The van der Waals surface area contributed by atoms with E-state index in [4.69, 9.17) is 23.2 Å². The molecule has 5 nitrogen and oxygen atoms in total. The Bertz CT molecular complexity index is 674. The van der Waals surface area contributed by atoms with Crippen molar-refractivity contribution in [2.45, 2.75) is 0 Å². The van der Waals surface area contributed by atoms with Gasteiger partial charge in [0.1, 0.15) is 5.15 Å². The molecule has 0 aliphatic rings. The molecule has 2 aromatic rings. The topological polar surface area (TPSA) is 73.1 Å². The molecule has 2 rings (SSSR count). The Morgan fingerprint density at radius 3 is 2.58 bits per heavy atom. The van der Waals surface area contributed by atoms with Crippen molar-refractivity contribution in [3.63, 3.8) is 0 Å². The standard InChI is InChI=1S/C12H6Cl2N2O3/c13-8-3-1-2-7(6-8)12(17)11-9(16(18)19)4-5-10(14)15-11/h1-6H. The molecular formula is C12H6Cl2N2O3. The molecule has 19 heavy (non-hydrogen) atoms. The maximum Gasteiger partial charge on any atom is 0.299 e. The van der Waals surface area contributed by atoms with Gasteiger partial charge in [-0.25, -0.2) is 4.98 Å². The number of aromatic nitrogens is 1. The van der Waals surface area contributed by atoms with Crippen LogP contribution in [0, 0.1) is 10.1 Å². The van der Waals surface area contributed by atoms with E-state index in [2.05, 4.69) is 4.98 Å². The van der Waals surface area contributed by atoms with Gasteiger partial charge >= 0.3 is 0 Å². The van der Waals surface area contributed by atoms with Crippen LogP contribution in [0.5, 0.6) is 0 Å². The predicted octanol–water partition coefficient (Wildman–Crippen LogP) is 3.53. The van der Waals surface area contributed by atoms with Crippen LogP contribution in [-0.4, -0.2) is 15.7 Å². The Labute approximate surface area is 117 Å². The minimum Gasteiger partial charge on any atom is -0.287 e. The van der Waals surface area contributed by atoms with Gasteiger partial charge in [0.25, 0.3) is 5.69 Å². The number of benzene rings is 1. The smallest absolute Gasteiger partial charge is 0.287 e. The lowest BCUT2D eigenvalue weighted by atomic mass is 10.1. The second kappa shape index (κ2) is 5.34. The van der Waals surface area contributed by atoms with Crippen molar-refractivity contribution < 1.29 is 9.72 Å². The molecule has 7 heteroatoms. The molecule has 0 aliphatic carbocycles. The van der Waals surface area contributed by atoms with E-state index in [0.29, 0.717) is 5.02 Å². The van der Waals surface area contributed by atoms with E-state index in [0.717, 1.165) is 6.07 Å². The average molecular weight is 297 g/mol. The molecule has 0 saturated carbocycles. The van der Waals surface area contributed by atoms with Gasteiger partial charge in [-0.2, -0.15) is 0 Å². The molecule has 1 aromatic heterocycles. The number of hydrogen-bond donors (Lipinski definition) is 0.